The van der Waals surface area contributed by atoms with Crippen molar-refractivity contribution in [3.63, 3.8) is 0 Å². The zero-order chi connectivity index (χ0) is 13.8. The summed E-state index contributed by atoms with van der Waals surface area (Å²) in [5.74, 6) is 0.257. The van der Waals surface area contributed by atoms with Gasteiger partial charge in [-0.3, -0.25) is 0 Å². The standard InChI is InChI=1S/C15H24O2Si/c1-7-9-13-10-8-11-14(12-13)16-15(2,3)17-18(4,5)6/h7-12H,1-6H3. The maximum atomic E-state index is 6.03. The Kier molecular flexibility index (Phi) is 4.76. The van der Waals surface area contributed by atoms with Gasteiger partial charge in [-0.1, -0.05) is 24.3 Å². The van der Waals surface area contributed by atoms with Gasteiger partial charge in [-0.15, -0.1) is 0 Å². The molecule has 0 N–H and O–H groups in total. The van der Waals surface area contributed by atoms with Gasteiger partial charge in [-0.25, -0.2) is 0 Å². The molecule has 0 aliphatic carbocycles. The molecule has 0 atom stereocenters. The first-order chi connectivity index (χ1) is 8.22. The van der Waals surface area contributed by atoms with E-state index in [1.807, 2.05) is 45.0 Å². The lowest BCUT2D eigenvalue weighted by Gasteiger charge is -2.33. The van der Waals surface area contributed by atoms with Crippen LogP contribution in [0.3, 0.4) is 0 Å². The number of ether oxygens (including phenoxy) is 1. The SMILES string of the molecule is CC=Cc1cccc(OC(C)(C)O[Si](C)(C)C)c1. The Bertz CT molecular complexity index is 417. The second-order valence-electron chi connectivity index (χ2n) is 5.79. The van der Waals surface area contributed by atoms with E-state index in [0.717, 1.165) is 11.3 Å². The van der Waals surface area contributed by atoms with E-state index in [1.54, 1.807) is 0 Å². The molecule has 0 radical (unpaired) electrons. The fraction of sp³-hybridized carbons (Fsp3) is 0.467. The first-order valence-electron chi connectivity index (χ1n) is 6.34. The van der Waals surface area contributed by atoms with Gasteiger partial charge in [0.15, 0.2) is 14.1 Å². The Labute approximate surface area is 112 Å². The molecular formula is C15H24O2Si. The molecule has 0 spiro atoms. The number of hydrogen-bond acceptors (Lipinski definition) is 2. The van der Waals surface area contributed by atoms with Crippen LogP contribution in [0.5, 0.6) is 5.75 Å². The van der Waals surface area contributed by atoms with Gasteiger partial charge in [0.2, 0.25) is 0 Å². The van der Waals surface area contributed by atoms with Gasteiger partial charge >= 0.3 is 0 Å². The predicted octanol–water partition coefficient (Wildman–Crippen LogP) is 4.69. The van der Waals surface area contributed by atoms with E-state index in [0.29, 0.717) is 0 Å². The Hall–Kier alpha value is -1.06. The fourth-order valence-corrected chi connectivity index (χ4v) is 3.43. The highest BCUT2D eigenvalue weighted by Crippen LogP contribution is 2.24. The monoisotopic (exact) mass is 264 g/mol. The lowest BCUT2D eigenvalue weighted by molar-refractivity contribution is -0.0877. The highest BCUT2D eigenvalue weighted by atomic mass is 28.4. The van der Waals surface area contributed by atoms with Crippen molar-refractivity contribution in [1.29, 1.82) is 0 Å². The molecule has 1 aromatic rings. The van der Waals surface area contributed by atoms with Crippen LogP contribution in [-0.2, 0) is 4.43 Å². The van der Waals surface area contributed by atoms with Crippen LogP contribution >= 0.6 is 0 Å². The minimum Gasteiger partial charge on any atom is -0.464 e. The highest BCUT2D eigenvalue weighted by molar-refractivity contribution is 6.69. The van der Waals surface area contributed by atoms with Gasteiger partial charge in [-0.2, -0.15) is 0 Å². The second kappa shape index (κ2) is 5.72. The number of allylic oxidation sites excluding steroid dienone is 1. The van der Waals surface area contributed by atoms with Crippen molar-refractivity contribution in [3.8, 4) is 5.75 Å². The minimum atomic E-state index is -1.61. The van der Waals surface area contributed by atoms with Crippen molar-refractivity contribution < 1.29 is 9.16 Å². The van der Waals surface area contributed by atoms with Gasteiger partial charge in [0.25, 0.3) is 0 Å². The van der Waals surface area contributed by atoms with Gasteiger partial charge in [0, 0.05) is 0 Å². The maximum absolute atomic E-state index is 6.03. The first kappa shape index (κ1) is 15.0. The van der Waals surface area contributed by atoms with Crippen molar-refractivity contribution in [2.24, 2.45) is 0 Å². The molecule has 0 aliphatic heterocycles. The molecule has 0 aliphatic rings. The highest BCUT2D eigenvalue weighted by Gasteiger charge is 2.28. The van der Waals surface area contributed by atoms with Crippen molar-refractivity contribution in [2.75, 3.05) is 0 Å². The third kappa shape index (κ3) is 5.51. The van der Waals surface area contributed by atoms with Crippen molar-refractivity contribution in [1.82, 2.24) is 0 Å². The third-order valence-corrected chi connectivity index (χ3v) is 3.24. The quantitative estimate of drug-likeness (QED) is 0.567. The summed E-state index contributed by atoms with van der Waals surface area (Å²) in [5.41, 5.74) is 1.14. The summed E-state index contributed by atoms with van der Waals surface area (Å²) < 4.78 is 12.0. The summed E-state index contributed by atoms with van der Waals surface area (Å²) in [6.07, 6.45) is 4.07. The molecule has 0 heterocycles. The van der Waals surface area contributed by atoms with E-state index in [1.165, 1.54) is 0 Å². The van der Waals surface area contributed by atoms with Gasteiger partial charge < -0.3 is 9.16 Å². The molecule has 0 bridgehead atoms. The molecule has 2 nitrogen and oxygen atoms in total. The lowest BCUT2D eigenvalue weighted by atomic mass is 10.2. The molecule has 0 aromatic heterocycles. The lowest BCUT2D eigenvalue weighted by Crippen LogP contribution is -2.42. The van der Waals surface area contributed by atoms with E-state index in [2.05, 4.69) is 31.8 Å². The summed E-state index contributed by atoms with van der Waals surface area (Å²) in [4.78, 5) is 0. The largest absolute Gasteiger partial charge is 0.464 e. The topological polar surface area (TPSA) is 18.5 Å². The van der Waals surface area contributed by atoms with Crippen molar-refractivity contribution in [2.45, 2.75) is 46.2 Å². The first-order valence-corrected chi connectivity index (χ1v) is 9.75. The molecule has 0 fully saturated rings. The molecule has 0 unspecified atom stereocenters. The molecule has 1 aromatic carbocycles. The van der Waals surface area contributed by atoms with Crippen molar-refractivity contribution >= 4 is 14.4 Å². The number of benzene rings is 1. The minimum absolute atomic E-state index is 0.584. The summed E-state index contributed by atoms with van der Waals surface area (Å²) in [6, 6.07) is 8.03. The Morgan fingerprint density at radius 2 is 1.83 bits per heavy atom. The maximum Gasteiger partial charge on any atom is 0.195 e. The van der Waals surface area contributed by atoms with E-state index < -0.39 is 14.1 Å². The smallest absolute Gasteiger partial charge is 0.195 e. The summed E-state index contributed by atoms with van der Waals surface area (Å²) >= 11 is 0. The molecular weight excluding hydrogens is 240 g/mol. The zero-order valence-electron chi connectivity index (χ0n) is 12.3. The van der Waals surface area contributed by atoms with Gasteiger partial charge in [0.1, 0.15) is 5.75 Å². The van der Waals surface area contributed by atoms with Crippen molar-refractivity contribution in [3.05, 3.63) is 35.9 Å². The Morgan fingerprint density at radius 3 is 2.39 bits per heavy atom. The van der Waals surface area contributed by atoms with Crippen LogP contribution < -0.4 is 4.74 Å². The Morgan fingerprint density at radius 1 is 1.17 bits per heavy atom. The fourth-order valence-electron chi connectivity index (χ4n) is 1.92. The van der Waals surface area contributed by atoms with Crippen LogP contribution in [0, 0.1) is 0 Å². The molecule has 1 rings (SSSR count). The second-order valence-corrected chi connectivity index (χ2v) is 10.2. The van der Waals surface area contributed by atoms with Crippen LogP contribution in [0.25, 0.3) is 6.08 Å². The average Bonchev–Trinajstić information content (AvgIpc) is 2.13. The Balaban J connectivity index is 2.80. The van der Waals surface area contributed by atoms with Gasteiger partial charge in [0.05, 0.1) is 0 Å². The predicted molar refractivity (Wildman–Crippen MR) is 80.3 cm³/mol. The molecule has 100 valence electrons. The van der Waals surface area contributed by atoms with E-state index in [-0.39, 0.29) is 0 Å². The number of hydrogen-bond donors (Lipinski definition) is 0. The summed E-state index contributed by atoms with van der Waals surface area (Å²) in [6.45, 7) is 12.4. The van der Waals surface area contributed by atoms with Crippen LogP contribution in [0.15, 0.2) is 30.3 Å². The normalized spacial score (nSPS) is 13.0. The van der Waals surface area contributed by atoms with Crippen LogP contribution in [0.4, 0.5) is 0 Å². The summed E-state index contributed by atoms with van der Waals surface area (Å²) in [5, 5.41) is 0. The van der Waals surface area contributed by atoms with Crippen LogP contribution in [-0.4, -0.2) is 14.1 Å². The number of rotatable bonds is 5. The molecule has 3 heteroatoms. The molecule has 18 heavy (non-hydrogen) atoms. The average molecular weight is 264 g/mol. The van der Waals surface area contributed by atoms with Crippen LogP contribution in [0.2, 0.25) is 19.6 Å². The molecule has 0 amide bonds. The molecule has 0 saturated heterocycles. The zero-order valence-corrected chi connectivity index (χ0v) is 13.3. The summed E-state index contributed by atoms with van der Waals surface area (Å²) in [7, 11) is -1.61. The van der Waals surface area contributed by atoms with Crippen LogP contribution in [0.1, 0.15) is 26.3 Å². The van der Waals surface area contributed by atoms with Gasteiger partial charge in [-0.05, 0) is 58.1 Å². The van der Waals surface area contributed by atoms with E-state index in [9.17, 15) is 0 Å². The van der Waals surface area contributed by atoms with E-state index >= 15 is 0 Å². The van der Waals surface area contributed by atoms with E-state index in [4.69, 9.17) is 9.16 Å². The molecule has 0 saturated carbocycles. The third-order valence-electron chi connectivity index (χ3n) is 2.13.